The van der Waals surface area contributed by atoms with Gasteiger partial charge in [0.05, 0.1) is 0 Å². The van der Waals surface area contributed by atoms with E-state index in [-0.39, 0.29) is 0 Å². The van der Waals surface area contributed by atoms with Crippen molar-refractivity contribution in [3.05, 3.63) is 48.0 Å². The molecule has 0 amide bonds. The number of hydrogen-bond donors (Lipinski definition) is 0. The molecular weight excluding hydrogens is 297 g/mol. The topological polar surface area (TPSA) is 38.8 Å². The summed E-state index contributed by atoms with van der Waals surface area (Å²) in [6, 6.07) is 14.2. The van der Waals surface area contributed by atoms with Crippen molar-refractivity contribution in [2.75, 3.05) is 27.3 Å². The third-order valence-corrected chi connectivity index (χ3v) is 6.29. The molecule has 120 valence electrons. The molecule has 2 aromatic carbocycles. The fourth-order valence-electron chi connectivity index (χ4n) is 2.89. The summed E-state index contributed by atoms with van der Waals surface area (Å²) >= 11 is 0. The van der Waals surface area contributed by atoms with Crippen LogP contribution < -0.4 is 0 Å². The van der Waals surface area contributed by atoms with E-state index in [1.807, 2.05) is 24.3 Å². The Kier molecular flexibility index (Phi) is 5.76. The average molecular weight is 321 g/mol. The first-order valence-corrected chi connectivity index (χ1v) is 9.15. The SMILES string of the molecule is CCN(CC)C(c1cccc2ccccc12)P(=O)(OC)OC. The molecule has 0 aliphatic rings. The van der Waals surface area contributed by atoms with Crippen LogP contribution in [0.2, 0.25) is 0 Å². The second-order valence-electron chi connectivity index (χ2n) is 5.07. The van der Waals surface area contributed by atoms with Gasteiger partial charge in [-0.2, -0.15) is 0 Å². The van der Waals surface area contributed by atoms with E-state index < -0.39 is 13.4 Å². The Labute approximate surface area is 132 Å². The predicted octanol–water partition coefficient (Wildman–Crippen LogP) is 4.67. The lowest BCUT2D eigenvalue weighted by Crippen LogP contribution is -2.29. The molecule has 0 bridgehead atoms. The molecule has 0 heterocycles. The van der Waals surface area contributed by atoms with Crippen LogP contribution in [0.4, 0.5) is 0 Å². The standard InChI is InChI=1S/C17H24NO3P/c1-5-18(6-2)17(22(19,20-3)21-4)16-13-9-11-14-10-7-8-12-15(14)16/h7-13,17H,5-6H2,1-4H3. The number of rotatable bonds is 7. The van der Waals surface area contributed by atoms with Crippen LogP contribution in [0, 0.1) is 0 Å². The van der Waals surface area contributed by atoms with E-state index in [9.17, 15) is 4.57 Å². The highest BCUT2D eigenvalue weighted by Crippen LogP contribution is 2.61. The largest absolute Gasteiger partial charge is 0.351 e. The minimum Gasteiger partial charge on any atom is -0.311 e. The van der Waals surface area contributed by atoms with Crippen LogP contribution in [0.25, 0.3) is 10.8 Å². The van der Waals surface area contributed by atoms with Crippen molar-refractivity contribution < 1.29 is 13.6 Å². The van der Waals surface area contributed by atoms with Crippen LogP contribution in [0.1, 0.15) is 25.2 Å². The Morgan fingerprint density at radius 2 is 1.59 bits per heavy atom. The van der Waals surface area contributed by atoms with E-state index in [0.717, 1.165) is 29.4 Å². The molecule has 2 aromatic rings. The Bertz CT molecular complexity index is 657. The van der Waals surface area contributed by atoms with Gasteiger partial charge in [-0.1, -0.05) is 56.3 Å². The lowest BCUT2D eigenvalue weighted by atomic mass is 10.0. The summed E-state index contributed by atoms with van der Waals surface area (Å²) in [5, 5.41) is 2.20. The first-order valence-electron chi connectivity index (χ1n) is 7.54. The van der Waals surface area contributed by atoms with Gasteiger partial charge >= 0.3 is 7.60 Å². The van der Waals surface area contributed by atoms with Crippen molar-refractivity contribution in [3.8, 4) is 0 Å². The smallest absolute Gasteiger partial charge is 0.311 e. The molecule has 0 aliphatic heterocycles. The summed E-state index contributed by atoms with van der Waals surface area (Å²) in [6.07, 6.45) is 0. The fraction of sp³-hybridized carbons (Fsp3) is 0.412. The van der Waals surface area contributed by atoms with Crippen molar-refractivity contribution in [1.82, 2.24) is 4.90 Å². The molecule has 2 rings (SSSR count). The molecule has 1 atom stereocenters. The second-order valence-corrected chi connectivity index (χ2v) is 7.37. The number of nitrogens with zero attached hydrogens (tertiary/aromatic N) is 1. The highest BCUT2D eigenvalue weighted by Gasteiger charge is 2.39. The van der Waals surface area contributed by atoms with E-state index in [4.69, 9.17) is 9.05 Å². The van der Waals surface area contributed by atoms with E-state index in [2.05, 4.69) is 36.9 Å². The third kappa shape index (κ3) is 3.11. The minimum absolute atomic E-state index is 0.413. The second kappa shape index (κ2) is 7.38. The van der Waals surface area contributed by atoms with E-state index in [1.54, 1.807) is 0 Å². The molecule has 0 aliphatic carbocycles. The molecule has 1 unspecified atom stereocenters. The molecule has 0 N–H and O–H groups in total. The zero-order valence-corrected chi connectivity index (χ0v) is 14.5. The molecule has 0 aromatic heterocycles. The van der Waals surface area contributed by atoms with Crippen LogP contribution in [-0.2, 0) is 13.6 Å². The van der Waals surface area contributed by atoms with Gasteiger partial charge in [-0.15, -0.1) is 0 Å². The van der Waals surface area contributed by atoms with Crippen molar-refractivity contribution in [2.24, 2.45) is 0 Å². The Morgan fingerprint density at radius 1 is 1.00 bits per heavy atom. The van der Waals surface area contributed by atoms with Crippen LogP contribution in [0.15, 0.2) is 42.5 Å². The van der Waals surface area contributed by atoms with Crippen molar-refractivity contribution >= 4 is 18.4 Å². The van der Waals surface area contributed by atoms with Crippen molar-refractivity contribution in [3.63, 3.8) is 0 Å². The van der Waals surface area contributed by atoms with E-state index >= 15 is 0 Å². The highest BCUT2D eigenvalue weighted by atomic mass is 31.2. The molecule has 4 nitrogen and oxygen atoms in total. The van der Waals surface area contributed by atoms with Crippen molar-refractivity contribution in [2.45, 2.75) is 19.6 Å². The fourth-order valence-corrected chi connectivity index (χ4v) is 4.73. The summed E-state index contributed by atoms with van der Waals surface area (Å²) < 4.78 is 23.8. The van der Waals surface area contributed by atoms with Gasteiger partial charge in [-0.3, -0.25) is 9.46 Å². The summed E-state index contributed by atoms with van der Waals surface area (Å²) in [5.74, 6) is -0.413. The van der Waals surface area contributed by atoms with Gasteiger partial charge < -0.3 is 9.05 Å². The predicted molar refractivity (Wildman–Crippen MR) is 91.2 cm³/mol. The van der Waals surface area contributed by atoms with Crippen molar-refractivity contribution in [1.29, 1.82) is 0 Å². The lowest BCUT2D eigenvalue weighted by molar-refractivity contribution is 0.200. The van der Waals surface area contributed by atoms with Crippen LogP contribution >= 0.6 is 7.60 Å². The maximum Gasteiger partial charge on any atom is 0.351 e. The molecular formula is C17H24NO3P. The van der Waals surface area contributed by atoms with Crippen LogP contribution in [0.3, 0.4) is 0 Å². The number of hydrogen-bond acceptors (Lipinski definition) is 4. The number of benzene rings is 2. The van der Waals surface area contributed by atoms with Gasteiger partial charge in [0.1, 0.15) is 5.78 Å². The van der Waals surface area contributed by atoms with Crippen LogP contribution in [0.5, 0.6) is 0 Å². The summed E-state index contributed by atoms with van der Waals surface area (Å²) in [6.45, 7) is 5.64. The van der Waals surface area contributed by atoms with E-state index in [0.29, 0.717) is 0 Å². The monoisotopic (exact) mass is 321 g/mol. The molecule has 0 saturated carbocycles. The Hall–Kier alpha value is -1.19. The van der Waals surface area contributed by atoms with Gasteiger partial charge in [-0.05, 0) is 29.4 Å². The number of fused-ring (bicyclic) bond motifs is 1. The molecule has 0 fully saturated rings. The third-order valence-electron chi connectivity index (χ3n) is 4.07. The minimum atomic E-state index is -3.28. The first-order chi connectivity index (χ1) is 10.6. The summed E-state index contributed by atoms with van der Waals surface area (Å²) in [4.78, 5) is 2.12. The Balaban J connectivity index is 2.69. The average Bonchev–Trinajstić information content (AvgIpc) is 2.58. The quantitative estimate of drug-likeness (QED) is 0.695. The molecule has 22 heavy (non-hydrogen) atoms. The zero-order chi connectivity index (χ0) is 16.2. The zero-order valence-electron chi connectivity index (χ0n) is 13.7. The van der Waals surface area contributed by atoms with Gasteiger partial charge in [0.2, 0.25) is 0 Å². The molecule has 0 radical (unpaired) electrons. The van der Waals surface area contributed by atoms with Gasteiger partial charge in [0.15, 0.2) is 0 Å². The summed E-state index contributed by atoms with van der Waals surface area (Å²) in [7, 11) is -0.380. The summed E-state index contributed by atoms with van der Waals surface area (Å²) in [5.41, 5.74) is 0.980. The van der Waals surface area contributed by atoms with E-state index in [1.165, 1.54) is 14.2 Å². The maximum atomic E-state index is 13.2. The Morgan fingerprint density at radius 3 is 2.18 bits per heavy atom. The normalized spacial score (nSPS) is 13.7. The van der Waals surface area contributed by atoms with Gasteiger partial charge in [-0.25, -0.2) is 0 Å². The molecule has 0 saturated heterocycles. The first kappa shape index (κ1) is 17.2. The van der Waals surface area contributed by atoms with Gasteiger partial charge in [0.25, 0.3) is 0 Å². The van der Waals surface area contributed by atoms with Crippen LogP contribution in [-0.4, -0.2) is 32.2 Å². The van der Waals surface area contributed by atoms with Gasteiger partial charge in [0, 0.05) is 14.2 Å². The molecule has 0 spiro atoms. The molecule has 5 heteroatoms. The maximum absolute atomic E-state index is 13.2. The lowest BCUT2D eigenvalue weighted by Gasteiger charge is -2.34. The highest BCUT2D eigenvalue weighted by molar-refractivity contribution is 7.54.